The van der Waals surface area contributed by atoms with Crippen molar-refractivity contribution in [2.24, 2.45) is 0 Å². The number of piperidine rings is 1. The molecule has 0 unspecified atom stereocenters. The third kappa shape index (κ3) is 6.87. The molecule has 3 aromatic rings. The quantitative estimate of drug-likeness (QED) is 0.406. The molecule has 0 saturated carbocycles. The molecule has 0 bridgehead atoms. The number of anilines is 2. The van der Waals surface area contributed by atoms with Gasteiger partial charge in [0.1, 0.15) is 24.1 Å². The number of likely N-dealkylation sites (tertiary alicyclic amines) is 1. The normalized spacial score (nSPS) is 16.8. The number of morpholine rings is 1. The molecule has 2 aromatic carbocycles. The molecule has 0 atom stereocenters. The van der Waals surface area contributed by atoms with Gasteiger partial charge in [0.15, 0.2) is 11.5 Å². The minimum atomic E-state index is -0.484. The minimum absolute atomic E-state index is 0.0269. The number of aromatic nitrogens is 2. The maximum atomic E-state index is 13.6. The molecule has 2 aliphatic heterocycles. The van der Waals surface area contributed by atoms with Crippen LogP contribution in [-0.4, -0.2) is 84.8 Å². The van der Waals surface area contributed by atoms with Crippen LogP contribution in [-0.2, 0) is 9.53 Å². The van der Waals surface area contributed by atoms with Crippen molar-refractivity contribution >= 4 is 39.9 Å². The first-order valence-corrected chi connectivity index (χ1v) is 13.7. The smallest absolute Gasteiger partial charge is 0.222 e. The lowest BCUT2D eigenvalue weighted by molar-refractivity contribution is -0.135. The molecule has 2 saturated heterocycles. The first-order chi connectivity index (χ1) is 19.0. The lowest BCUT2D eigenvalue weighted by Crippen LogP contribution is -2.41. The van der Waals surface area contributed by atoms with Crippen LogP contribution in [0.15, 0.2) is 36.7 Å². The number of carbonyl (C=O) groups is 1. The van der Waals surface area contributed by atoms with Gasteiger partial charge in [-0.2, -0.15) is 0 Å². The molecule has 2 aliphatic rings. The zero-order valence-electron chi connectivity index (χ0n) is 22.0. The summed E-state index contributed by atoms with van der Waals surface area (Å²) in [6.45, 7) is 5.39. The van der Waals surface area contributed by atoms with Gasteiger partial charge in [-0.15, -0.1) is 0 Å². The second kappa shape index (κ2) is 12.8. The fourth-order valence-corrected chi connectivity index (χ4v) is 5.16. The van der Waals surface area contributed by atoms with Crippen molar-refractivity contribution in [1.82, 2.24) is 19.8 Å². The molecule has 1 N–H and O–H groups in total. The van der Waals surface area contributed by atoms with E-state index in [1.54, 1.807) is 13.2 Å². The number of hydrogen-bond acceptors (Lipinski definition) is 8. The maximum absolute atomic E-state index is 13.6. The summed E-state index contributed by atoms with van der Waals surface area (Å²) in [5.41, 5.74) is 1.30. The largest absolute Gasteiger partial charge is 0.493 e. The Morgan fingerprint density at radius 2 is 1.92 bits per heavy atom. The topological polar surface area (TPSA) is 89.1 Å². The fraction of sp³-hybridized carbons (Fsp3) is 0.464. The summed E-state index contributed by atoms with van der Waals surface area (Å²) in [7, 11) is 1.61. The van der Waals surface area contributed by atoms with Gasteiger partial charge in [-0.1, -0.05) is 11.6 Å². The van der Waals surface area contributed by atoms with Crippen LogP contribution in [0.4, 0.5) is 15.9 Å². The van der Waals surface area contributed by atoms with E-state index in [2.05, 4.69) is 20.2 Å². The minimum Gasteiger partial charge on any atom is -0.493 e. The van der Waals surface area contributed by atoms with Crippen LogP contribution >= 0.6 is 11.6 Å². The number of halogens is 2. The molecule has 0 spiro atoms. The first-order valence-electron chi connectivity index (χ1n) is 13.3. The number of ether oxygens (including phenoxy) is 3. The summed E-state index contributed by atoms with van der Waals surface area (Å²) < 4.78 is 31.0. The highest BCUT2D eigenvalue weighted by Gasteiger charge is 2.23. The third-order valence-corrected chi connectivity index (χ3v) is 7.45. The Labute approximate surface area is 232 Å². The van der Waals surface area contributed by atoms with Gasteiger partial charge in [0, 0.05) is 49.7 Å². The van der Waals surface area contributed by atoms with Crippen molar-refractivity contribution in [1.29, 1.82) is 0 Å². The Morgan fingerprint density at radius 3 is 2.67 bits per heavy atom. The molecule has 0 aliphatic carbocycles. The molecule has 5 rings (SSSR count). The molecule has 9 nitrogen and oxygen atoms in total. The SMILES string of the molecule is COc1cc2ncnc(Nc3ccc(F)c(Cl)c3)c2cc1OC1CCN(CCCC(=O)N2CCOCC2)CC1. The van der Waals surface area contributed by atoms with Crippen LogP contribution in [0.2, 0.25) is 5.02 Å². The Hall–Kier alpha value is -3.21. The summed E-state index contributed by atoms with van der Waals surface area (Å²) in [6.07, 6.45) is 4.69. The van der Waals surface area contributed by atoms with Gasteiger partial charge in [-0.3, -0.25) is 4.79 Å². The summed E-state index contributed by atoms with van der Waals surface area (Å²) in [5.74, 6) is 1.51. The molecule has 3 heterocycles. The van der Waals surface area contributed by atoms with E-state index >= 15 is 0 Å². The number of hydrogen-bond donors (Lipinski definition) is 1. The van der Waals surface area contributed by atoms with Gasteiger partial charge < -0.3 is 29.3 Å². The molecule has 1 aromatic heterocycles. The van der Waals surface area contributed by atoms with Crippen LogP contribution < -0.4 is 14.8 Å². The number of methoxy groups -OCH3 is 1. The number of amides is 1. The van der Waals surface area contributed by atoms with E-state index in [0.717, 1.165) is 44.3 Å². The van der Waals surface area contributed by atoms with Gasteiger partial charge in [0.25, 0.3) is 0 Å². The van der Waals surface area contributed by atoms with Gasteiger partial charge in [0.05, 0.1) is 30.9 Å². The number of nitrogens with zero attached hydrogens (tertiary/aromatic N) is 4. The average molecular weight is 558 g/mol. The molecule has 208 valence electrons. The summed E-state index contributed by atoms with van der Waals surface area (Å²) in [5, 5.41) is 3.97. The summed E-state index contributed by atoms with van der Waals surface area (Å²) >= 11 is 5.95. The van der Waals surface area contributed by atoms with E-state index in [4.69, 9.17) is 25.8 Å². The van der Waals surface area contributed by atoms with Crippen molar-refractivity contribution in [3.8, 4) is 11.5 Å². The van der Waals surface area contributed by atoms with Gasteiger partial charge >= 0.3 is 0 Å². The van der Waals surface area contributed by atoms with E-state index < -0.39 is 5.82 Å². The molecular weight excluding hydrogens is 525 g/mol. The van der Waals surface area contributed by atoms with E-state index in [0.29, 0.717) is 61.2 Å². The molecule has 2 fully saturated rings. The van der Waals surface area contributed by atoms with E-state index in [-0.39, 0.29) is 17.0 Å². The van der Waals surface area contributed by atoms with Crippen molar-refractivity contribution in [2.75, 3.05) is 58.4 Å². The number of carbonyl (C=O) groups excluding carboxylic acids is 1. The van der Waals surface area contributed by atoms with E-state index in [1.807, 2.05) is 17.0 Å². The highest BCUT2D eigenvalue weighted by atomic mass is 35.5. The highest BCUT2D eigenvalue weighted by molar-refractivity contribution is 6.31. The number of benzene rings is 2. The predicted molar refractivity (Wildman–Crippen MR) is 148 cm³/mol. The zero-order valence-corrected chi connectivity index (χ0v) is 22.8. The van der Waals surface area contributed by atoms with Crippen LogP contribution in [0, 0.1) is 5.82 Å². The summed E-state index contributed by atoms with van der Waals surface area (Å²) in [4.78, 5) is 25.5. The van der Waals surface area contributed by atoms with Crippen LogP contribution in [0.1, 0.15) is 25.7 Å². The first kappa shape index (κ1) is 27.4. The molecule has 0 radical (unpaired) electrons. The Kier molecular flexibility index (Phi) is 8.95. The van der Waals surface area contributed by atoms with Gasteiger partial charge in [-0.05, 0) is 50.1 Å². The maximum Gasteiger partial charge on any atom is 0.222 e. The van der Waals surface area contributed by atoms with Crippen molar-refractivity contribution in [2.45, 2.75) is 31.8 Å². The Morgan fingerprint density at radius 1 is 1.13 bits per heavy atom. The molecular formula is C28H33ClFN5O4. The lowest BCUT2D eigenvalue weighted by Gasteiger charge is -2.32. The third-order valence-electron chi connectivity index (χ3n) is 7.16. The van der Waals surface area contributed by atoms with Crippen LogP contribution in [0.3, 0.4) is 0 Å². The number of nitrogens with one attached hydrogen (secondary N) is 1. The fourth-order valence-electron chi connectivity index (χ4n) is 4.98. The molecule has 39 heavy (non-hydrogen) atoms. The summed E-state index contributed by atoms with van der Waals surface area (Å²) in [6, 6.07) is 8.13. The Bertz CT molecular complexity index is 1300. The van der Waals surface area contributed by atoms with Crippen LogP contribution in [0.5, 0.6) is 11.5 Å². The second-order valence-corrected chi connectivity index (χ2v) is 10.2. The standard InChI is InChI=1S/C28H33ClFN5O4/c1-37-25-17-24-21(28(32-18-31-24)33-19-4-5-23(30)22(29)15-19)16-26(25)39-20-6-9-34(10-7-20)8-2-3-27(36)35-11-13-38-14-12-35/h4-5,15-18,20H,2-3,6-14H2,1H3,(H,31,32,33). The Balaban J connectivity index is 1.19. The van der Waals surface area contributed by atoms with E-state index in [9.17, 15) is 9.18 Å². The van der Waals surface area contributed by atoms with Gasteiger partial charge in [0.2, 0.25) is 5.91 Å². The van der Waals surface area contributed by atoms with Crippen molar-refractivity contribution < 1.29 is 23.4 Å². The zero-order chi connectivity index (χ0) is 27.2. The highest BCUT2D eigenvalue weighted by Crippen LogP contribution is 2.36. The second-order valence-electron chi connectivity index (χ2n) is 9.75. The lowest BCUT2D eigenvalue weighted by atomic mass is 10.1. The number of rotatable bonds is 9. The van der Waals surface area contributed by atoms with Crippen molar-refractivity contribution in [3.63, 3.8) is 0 Å². The monoisotopic (exact) mass is 557 g/mol. The van der Waals surface area contributed by atoms with E-state index in [1.165, 1.54) is 18.5 Å². The number of fused-ring (bicyclic) bond motifs is 1. The molecule has 11 heteroatoms. The van der Waals surface area contributed by atoms with Crippen LogP contribution in [0.25, 0.3) is 10.9 Å². The average Bonchev–Trinajstić information content (AvgIpc) is 2.96. The van der Waals surface area contributed by atoms with Crippen molar-refractivity contribution in [3.05, 3.63) is 47.5 Å². The molecule has 1 amide bonds. The van der Waals surface area contributed by atoms with Gasteiger partial charge in [-0.25, -0.2) is 14.4 Å². The predicted octanol–water partition coefficient (Wildman–Crippen LogP) is 4.66.